The van der Waals surface area contributed by atoms with Crippen LogP contribution in [-0.2, 0) is 14.3 Å². The van der Waals surface area contributed by atoms with Gasteiger partial charge in [-0.25, -0.2) is 0 Å². The highest BCUT2D eigenvalue weighted by Gasteiger charge is 2.70. The quantitative estimate of drug-likeness (QED) is 0.366. The van der Waals surface area contributed by atoms with Gasteiger partial charge in [-0.05, 0) is 97.2 Å². The fourth-order valence-electron chi connectivity index (χ4n) is 10.9. The average Bonchev–Trinajstić information content (AvgIpc) is 2.83. The molecule has 4 fully saturated rings. The van der Waals surface area contributed by atoms with Crippen molar-refractivity contribution in [3.63, 3.8) is 0 Å². The fourth-order valence-corrected chi connectivity index (χ4v) is 10.9. The summed E-state index contributed by atoms with van der Waals surface area (Å²) in [6.45, 7) is 14.2. The number of ether oxygens (including phenoxy) is 1. The molecule has 10 atom stereocenters. The van der Waals surface area contributed by atoms with E-state index in [1.807, 2.05) is 6.92 Å². The molecular weight excluding hydrogens is 436 g/mol. The maximum Gasteiger partial charge on any atom is 0.312 e. The summed E-state index contributed by atoms with van der Waals surface area (Å²) in [5.41, 5.74) is 0.787. The molecule has 0 aliphatic heterocycles. The Hall–Kier alpha value is -1.16. The summed E-state index contributed by atoms with van der Waals surface area (Å²) in [7, 11) is 1.57. The van der Waals surface area contributed by atoms with Gasteiger partial charge in [0.25, 0.3) is 0 Å². The van der Waals surface area contributed by atoms with E-state index in [0.717, 1.165) is 51.4 Å². The Morgan fingerprint density at radius 1 is 1.03 bits per heavy atom. The second kappa shape index (κ2) is 7.92. The molecule has 35 heavy (non-hydrogen) atoms. The lowest BCUT2D eigenvalue weighted by Crippen LogP contribution is -2.65. The van der Waals surface area contributed by atoms with Crippen LogP contribution in [0.1, 0.15) is 99.3 Å². The number of aliphatic hydroxyl groups is 1. The molecule has 5 aliphatic carbocycles. The third-order valence-electron chi connectivity index (χ3n) is 13.5. The lowest BCUT2D eigenvalue weighted by molar-refractivity contribution is -0.196. The van der Waals surface area contributed by atoms with Crippen molar-refractivity contribution in [1.29, 1.82) is 0 Å². The first kappa shape index (κ1) is 25.5. The predicted molar refractivity (Wildman–Crippen MR) is 137 cm³/mol. The van der Waals surface area contributed by atoms with Crippen LogP contribution in [0.4, 0.5) is 0 Å². The number of carbonyl (C=O) groups is 2. The maximum atomic E-state index is 13.4. The van der Waals surface area contributed by atoms with Crippen molar-refractivity contribution in [3.8, 4) is 0 Å². The molecule has 0 aromatic heterocycles. The number of rotatable bonds is 2. The highest BCUT2D eigenvalue weighted by atomic mass is 16.5. The minimum absolute atomic E-state index is 0.0108. The van der Waals surface area contributed by atoms with Gasteiger partial charge in [-0.1, -0.05) is 53.2 Å². The van der Waals surface area contributed by atoms with Gasteiger partial charge in [0.2, 0.25) is 0 Å². The first-order chi connectivity index (χ1) is 16.4. The van der Waals surface area contributed by atoms with Gasteiger partial charge in [0.15, 0.2) is 0 Å². The zero-order valence-corrected chi connectivity index (χ0v) is 23.2. The van der Waals surface area contributed by atoms with Gasteiger partial charge in [-0.15, -0.1) is 0 Å². The van der Waals surface area contributed by atoms with Crippen molar-refractivity contribution < 1.29 is 19.4 Å². The molecule has 0 bridgehead atoms. The van der Waals surface area contributed by atoms with Gasteiger partial charge in [0.1, 0.15) is 5.78 Å². The number of methoxy groups -OCH3 is 1. The second-order valence-corrected chi connectivity index (χ2v) is 14.3. The smallest absolute Gasteiger partial charge is 0.312 e. The number of Topliss-reactive ketones (excluding diaryl/α,β-unsaturated/α-hetero) is 1. The maximum absolute atomic E-state index is 13.4. The highest BCUT2D eigenvalue weighted by Crippen LogP contribution is 2.75. The van der Waals surface area contributed by atoms with Crippen molar-refractivity contribution >= 4 is 11.8 Å². The molecule has 4 heteroatoms. The fraction of sp³-hybridized carbons (Fsp3) is 0.871. The Bertz CT molecular complexity index is 954. The molecule has 0 heterocycles. The first-order valence-corrected chi connectivity index (χ1v) is 14.3. The SMILES string of the molecule is COC(=O)[C@]12CC[C@@H](C)[C@H](C)[C@H]1C1=CC[C@@H]3[C@@]4(C)CCC(=O)C(C)(CO)C4CC[C@@]3(C)[C@]1(C)CC2. The summed E-state index contributed by atoms with van der Waals surface area (Å²) in [6.07, 6.45) is 11.2. The van der Waals surface area contributed by atoms with Crippen molar-refractivity contribution in [2.75, 3.05) is 13.7 Å². The summed E-state index contributed by atoms with van der Waals surface area (Å²) >= 11 is 0. The summed E-state index contributed by atoms with van der Waals surface area (Å²) in [4.78, 5) is 26.4. The van der Waals surface area contributed by atoms with Gasteiger partial charge in [-0.2, -0.15) is 0 Å². The van der Waals surface area contributed by atoms with Gasteiger partial charge < -0.3 is 9.84 Å². The van der Waals surface area contributed by atoms with Gasteiger partial charge in [0.05, 0.1) is 24.5 Å². The number of hydrogen-bond donors (Lipinski definition) is 1. The highest BCUT2D eigenvalue weighted by molar-refractivity contribution is 5.86. The van der Waals surface area contributed by atoms with Crippen LogP contribution in [0.15, 0.2) is 11.6 Å². The number of fused-ring (bicyclic) bond motifs is 7. The molecule has 4 saturated carbocycles. The van der Waals surface area contributed by atoms with Gasteiger partial charge >= 0.3 is 5.97 Å². The molecule has 5 aliphatic rings. The zero-order valence-electron chi connectivity index (χ0n) is 23.2. The first-order valence-electron chi connectivity index (χ1n) is 14.3. The van der Waals surface area contributed by atoms with Crippen LogP contribution in [0.25, 0.3) is 0 Å². The molecule has 0 spiro atoms. The largest absolute Gasteiger partial charge is 0.469 e. The Morgan fingerprint density at radius 3 is 2.40 bits per heavy atom. The number of allylic oxidation sites excluding steroid dienone is 2. The Kier molecular flexibility index (Phi) is 5.77. The van der Waals surface area contributed by atoms with Crippen LogP contribution in [0, 0.1) is 56.7 Å². The summed E-state index contributed by atoms with van der Waals surface area (Å²) in [5.74, 6) is 2.33. The standard InChI is InChI=1S/C31H48O4/c1-19-10-15-31(26(34)35-7)17-16-29(5)21(25(31)20(19)2)8-9-23-27(3)13-12-24(33)28(4,18-32)22(27)11-14-30(23,29)6/h8,19-20,22-23,25,32H,9-18H2,1-7H3/t19-,20+,22?,23-,25+,27+,28?,29-,30-,31+/m1/s1. The Balaban J connectivity index is 1.61. The lowest BCUT2D eigenvalue weighted by Gasteiger charge is -2.70. The second-order valence-electron chi connectivity index (χ2n) is 14.3. The molecule has 4 nitrogen and oxygen atoms in total. The van der Waals surface area contributed by atoms with Crippen LogP contribution in [0.2, 0.25) is 0 Å². The van der Waals surface area contributed by atoms with E-state index in [9.17, 15) is 14.7 Å². The number of ketones is 1. The van der Waals surface area contributed by atoms with E-state index in [2.05, 4.69) is 40.7 Å². The van der Waals surface area contributed by atoms with E-state index in [-0.39, 0.29) is 51.9 Å². The van der Waals surface area contributed by atoms with Gasteiger partial charge in [-0.3, -0.25) is 9.59 Å². The molecule has 0 aromatic carbocycles. The number of carbonyl (C=O) groups excluding carboxylic acids is 2. The van der Waals surface area contributed by atoms with Crippen LogP contribution in [0.3, 0.4) is 0 Å². The van der Waals surface area contributed by atoms with E-state index in [0.29, 0.717) is 24.2 Å². The van der Waals surface area contributed by atoms with E-state index >= 15 is 0 Å². The van der Waals surface area contributed by atoms with Crippen LogP contribution in [0.5, 0.6) is 0 Å². The third-order valence-corrected chi connectivity index (χ3v) is 13.5. The Morgan fingerprint density at radius 2 is 1.74 bits per heavy atom. The normalized spacial score (nSPS) is 53.4. The van der Waals surface area contributed by atoms with Gasteiger partial charge in [0, 0.05) is 6.42 Å². The van der Waals surface area contributed by atoms with Crippen molar-refractivity contribution in [1.82, 2.24) is 0 Å². The van der Waals surface area contributed by atoms with Crippen molar-refractivity contribution in [2.45, 2.75) is 99.3 Å². The Labute approximate surface area is 212 Å². The summed E-state index contributed by atoms with van der Waals surface area (Å²) < 4.78 is 5.49. The van der Waals surface area contributed by atoms with Crippen LogP contribution in [-0.4, -0.2) is 30.6 Å². The minimum atomic E-state index is -0.612. The van der Waals surface area contributed by atoms with Crippen molar-refractivity contribution in [2.24, 2.45) is 56.7 Å². The van der Waals surface area contributed by atoms with E-state index in [1.54, 1.807) is 12.7 Å². The average molecular weight is 485 g/mol. The lowest BCUT2D eigenvalue weighted by atomic mass is 9.33. The van der Waals surface area contributed by atoms with E-state index in [4.69, 9.17) is 4.74 Å². The zero-order chi connectivity index (χ0) is 25.6. The third kappa shape index (κ3) is 2.95. The molecule has 5 rings (SSSR count). The number of hydrogen-bond acceptors (Lipinski definition) is 4. The summed E-state index contributed by atoms with van der Waals surface area (Å²) in [6, 6.07) is 0. The topological polar surface area (TPSA) is 63.6 Å². The molecule has 1 N–H and O–H groups in total. The molecule has 0 radical (unpaired) electrons. The molecule has 2 unspecified atom stereocenters. The monoisotopic (exact) mass is 484 g/mol. The van der Waals surface area contributed by atoms with E-state index in [1.165, 1.54) is 0 Å². The van der Waals surface area contributed by atoms with E-state index < -0.39 is 5.41 Å². The molecule has 0 amide bonds. The molecule has 0 saturated heterocycles. The number of aliphatic hydroxyl groups excluding tert-OH is 1. The van der Waals surface area contributed by atoms with Crippen LogP contribution < -0.4 is 0 Å². The predicted octanol–water partition coefficient (Wildman–Crippen LogP) is 6.36. The molecule has 196 valence electrons. The number of esters is 1. The molecule has 0 aromatic rings. The minimum Gasteiger partial charge on any atom is -0.469 e. The summed E-state index contributed by atoms with van der Waals surface area (Å²) in [5, 5.41) is 10.4. The van der Waals surface area contributed by atoms with Crippen molar-refractivity contribution in [3.05, 3.63) is 11.6 Å². The van der Waals surface area contributed by atoms with Crippen LogP contribution >= 0.6 is 0 Å². The molecular formula is C31H48O4.